The van der Waals surface area contributed by atoms with Gasteiger partial charge in [-0.25, -0.2) is 18.4 Å². The fourth-order valence-electron chi connectivity index (χ4n) is 5.06. The zero-order valence-corrected chi connectivity index (χ0v) is 22.6. The fourth-order valence-corrected chi connectivity index (χ4v) is 7.52. The lowest BCUT2D eigenvalue weighted by Gasteiger charge is -2.31. The van der Waals surface area contributed by atoms with E-state index in [1.807, 2.05) is 7.05 Å². The van der Waals surface area contributed by atoms with E-state index in [-0.39, 0.29) is 10.8 Å². The Morgan fingerprint density at radius 2 is 1.78 bits per heavy atom. The average molecular weight is 548 g/mol. The normalized spacial score (nSPS) is 19.1. The van der Waals surface area contributed by atoms with Gasteiger partial charge in [0.25, 0.3) is 0 Å². The first-order valence-corrected chi connectivity index (χ1v) is 15.0. The molecule has 11 heteroatoms. The van der Waals surface area contributed by atoms with Crippen LogP contribution in [-0.4, -0.2) is 66.7 Å². The lowest BCUT2D eigenvalue weighted by Crippen LogP contribution is -2.47. The number of carbonyl (C=O) groups is 1. The summed E-state index contributed by atoms with van der Waals surface area (Å²) in [6, 6.07) is 10.3. The molecule has 2 aliphatic rings. The van der Waals surface area contributed by atoms with E-state index in [9.17, 15) is 13.2 Å². The Bertz CT molecular complexity index is 1330. The number of hydrogen-bond acceptors (Lipinski definition) is 7. The van der Waals surface area contributed by atoms with Crippen molar-refractivity contribution in [3.63, 3.8) is 0 Å². The zero-order chi connectivity index (χ0) is 25.3. The topological polar surface area (TPSA) is 95.5 Å². The molecule has 1 N–H and O–H groups in total. The van der Waals surface area contributed by atoms with Gasteiger partial charge in [-0.1, -0.05) is 60.8 Å². The van der Waals surface area contributed by atoms with Gasteiger partial charge in [0.2, 0.25) is 15.9 Å². The van der Waals surface area contributed by atoms with Gasteiger partial charge < -0.3 is 10.2 Å². The van der Waals surface area contributed by atoms with Gasteiger partial charge in [0.05, 0.1) is 10.8 Å². The Balaban J connectivity index is 1.37. The minimum atomic E-state index is -3.56. The Labute approximate surface area is 220 Å². The second-order valence-corrected chi connectivity index (χ2v) is 13.0. The molecular weight excluding hydrogens is 518 g/mol. The maximum Gasteiger partial charge on any atom is 0.243 e. The Kier molecular flexibility index (Phi) is 7.60. The van der Waals surface area contributed by atoms with Crippen molar-refractivity contribution in [2.45, 2.75) is 42.9 Å². The van der Waals surface area contributed by atoms with Crippen LogP contribution in [0.15, 0.2) is 41.3 Å². The van der Waals surface area contributed by atoms with Crippen LogP contribution in [0.2, 0.25) is 5.15 Å². The molecule has 1 saturated heterocycles. The number of nitrogens with one attached hydrogen (secondary N) is 1. The number of carbonyl (C=O) groups excluding carboxylic acids is 1. The van der Waals surface area contributed by atoms with Crippen molar-refractivity contribution in [3.05, 3.63) is 47.1 Å². The van der Waals surface area contributed by atoms with Crippen molar-refractivity contribution in [3.8, 4) is 0 Å². The molecule has 1 unspecified atom stereocenters. The van der Waals surface area contributed by atoms with Crippen LogP contribution in [-0.2, 0) is 14.8 Å². The van der Waals surface area contributed by atoms with E-state index >= 15 is 0 Å². The number of piperazine rings is 1. The summed E-state index contributed by atoms with van der Waals surface area (Å²) in [5, 5.41) is 3.84. The highest BCUT2D eigenvalue weighted by molar-refractivity contribution is 7.89. The van der Waals surface area contributed by atoms with Crippen LogP contribution >= 0.6 is 22.9 Å². The number of rotatable bonds is 7. The quantitative estimate of drug-likeness (QED) is 0.435. The number of benzene rings is 1. The standard InChI is InChI=1S/C25H30ClN5O3S2/c1-30-12-14-31(15-13-30)36(33,34)19-8-6-18(7-9-19)20(16-17-4-2-3-5-17)23(32)29-25-27-21-10-11-22(26)28-24(21)35-25/h6-11,17,20H,2-5,12-16H2,1H3,(H,27,29,32). The third-order valence-corrected chi connectivity index (χ3v) is 10.2. The minimum Gasteiger partial charge on any atom is -0.304 e. The molecule has 1 atom stereocenters. The summed E-state index contributed by atoms with van der Waals surface area (Å²) >= 11 is 7.28. The Morgan fingerprint density at radius 3 is 2.47 bits per heavy atom. The van der Waals surface area contributed by atoms with Crippen molar-refractivity contribution in [1.29, 1.82) is 0 Å². The molecular formula is C25H30ClN5O3S2. The van der Waals surface area contributed by atoms with Crippen molar-refractivity contribution >= 4 is 54.3 Å². The van der Waals surface area contributed by atoms with E-state index in [2.05, 4.69) is 20.2 Å². The number of thiazole rings is 1. The van der Waals surface area contributed by atoms with Crippen LogP contribution in [0.25, 0.3) is 10.3 Å². The molecule has 5 rings (SSSR count). The van der Waals surface area contributed by atoms with E-state index < -0.39 is 15.9 Å². The van der Waals surface area contributed by atoms with E-state index in [0.29, 0.717) is 52.7 Å². The van der Waals surface area contributed by atoms with Crippen molar-refractivity contribution < 1.29 is 13.2 Å². The van der Waals surface area contributed by atoms with Gasteiger partial charge in [0.1, 0.15) is 15.5 Å². The number of hydrogen-bond donors (Lipinski definition) is 1. The minimum absolute atomic E-state index is 0.137. The summed E-state index contributed by atoms with van der Waals surface area (Å²) in [5.74, 6) is -0.0517. The van der Waals surface area contributed by atoms with E-state index in [0.717, 1.165) is 24.8 Å². The molecule has 1 aliphatic carbocycles. The third-order valence-electron chi connectivity index (χ3n) is 7.19. The van der Waals surface area contributed by atoms with Crippen molar-refractivity contribution in [2.75, 3.05) is 38.5 Å². The van der Waals surface area contributed by atoms with Gasteiger partial charge >= 0.3 is 0 Å². The summed E-state index contributed by atoms with van der Waals surface area (Å²) in [6.45, 7) is 2.40. The predicted molar refractivity (Wildman–Crippen MR) is 143 cm³/mol. The number of nitrogens with zero attached hydrogens (tertiary/aromatic N) is 4. The summed E-state index contributed by atoms with van der Waals surface area (Å²) in [4.78, 5) is 25.3. The van der Waals surface area contributed by atoms with E-state index in [4.69, 9.17) is 11.6 Å². The number of fused-ring (bicyclic) bond motifs is 1. The lowest BCUT2D eigenvalue weighted by atomic mass is 9.87. The number of halogens is 1. The molecule has 3 aromatic rings. The van der Waals surface area contributed by atoms with Crippen molar-refractivity contribution in [2.24, 2.45) is 5.92 Å². The maximum absolute atomic E-state index is 13.5. The number of anilines is 1. The monoisotopic (exact) mass is 547 g/mol. The van der Waals surface area contributed by atoms with Gasteiger partial charge in [-0.05, 0) is 49.2 Å². The molecule has 36 heavy (non-hydrogen) atoms. The summed E-state index contributed by atoms with van der Waals surface area (Å²) in [6.07, 6.45) is 5.33. The SMILES string of the molecule is CN1CCN(S(=O)(=O)c2ccc(C(CC3CCCC3)C(=O)Nc3nc4ccc(Cl)nc4s3)cc2)CC1. The molecule has 0 bridgehead atoms. The molecule has 2 aromatic heterocycles. The fraction of sp³-hybridized carbons (Fsp3) is 0.480. The first kappa shape index (κ1) is 25.5. The van der Waals surface area contributed by atoms with Gasteiger partial charge in [-0.3, -0.25) is 4.79 Å². The summed E-state index contributed by atoms with van der Waals surface area (Å²) < 4.78 is 27.8. The number of amides is 1. The Hall–Kier alpha value is -2.11. The second kappa shape index (κ2) is 10.7. The Morgan fingerprint density at radius 1 is 1.08 bits per heavy atom. The molecule has 1 saturated carbocycles. The zero-order valence-electron chi connectivity index (χ0n) is 20.2. The van der Waals surface area contributed by atoms with Crippen LogP contribution in [0.1, 0.15) is 43.6 Å². The lowest BCUT2D eigenvalue weighted by molar-refractivity contribution is -0.118. The van der Waals surface area contributed by atoms with Crippen LogP contribution in [0.4, 0.5) is 5.13 Å². The molecule has 1 aromatic carbocycles. The molecule has 1 aliphatic heterocycles. The highest BCUT2D eigenvalue weighted by atomic mass is 35.5. The molecule has 1 amide bonds. The number of sulfonamides is 1. The van der Waals surface area contributed by atoms with Gasteiger partial charge in [-0.2, -0.15) is 4.31 Å². The molecule has 0 spiro atoms. The molecule has 192 valence electrons. The highest BCUT2D eigenvalue weighted by Crippen LogP contribution is 2.36. The van der Waals surface area contributed by atoms with E-state index in [1.165, 1.54) is 28.5 Å². The smallest absolute Gasteiger partial charge is 0.243 e. The molecule has 2 fully saturated rings. The average Bonchev–Trinajstić information content (AvgIpc) is 3.52. The van der Waals surface area contributed by atoms with Crippen LogP contribution in [0, 0.1) is 5.92 Å². The predicted octanol–water partition coefficient (Wildman–Crippen LogP) is 4.58. The highest BCUT2D eigenvalue weighted by Gasteiger charge is 2.30. The van der Waals surface area contributed by atoms with Crippen LogP contribution in [0.5, 0.6) is 0 Å². The van der Waals surface area contributed by atoms with Gasteiger partial charge in [0, 0.05) is 26.2 Å². The second-order valence-electron chi connectivity index (χ2n) is 9.68. The van der Waals surface area contributed by atoms with Gasteiger partial charge in [-0.15, -0.1) is 0 Å². The van der Waals surface area contributed by atoms with Crippen molar-refractivity contribution in [1.82, 2.24) is 19.2 Å². The van der Waals surface area contributed by atoms with Gasteiger partial charge in [0.15, 0.2) is 5.13 Å². The molecule has 3 heterocycles. The largest absolute Gasteiger partial charge is 0.304 e. The first-order chi connectivity index (χ1) is 17.3. The number of likely N-dealkylation sites (N-methyl/N-ethyl adjacent to an activating group) is 1. The summed E-state index contributed by atoms with van der Waals surface area (Å²) in [7, 11) is -1.56. The van der Waals surface area contributed by atoms with Crippen LogP contribution < -0.4 is 5.32 Å². The maximum atomic E-state index is 13.5. The number of aromatic nitrogens is 2. The third kappa shape index (κ3) is 5.57. The van der Waals surface area contributed by atoms with E-state index in [1.54, 1.807) is 36.4 Å². The summed E-state index contributed by atoms with van der Waals surface area (Å²) in [5.41, 5.74) is 1.50. The van der Waals surface area contributed by atoms with Crippen LogP contribution in [0.3, 0.4) is 0 Å². The molecule has 8 nitrogen and oxygen atoms in total. The number of pyridine rings is 1. The first-order valence-electron chi connectivity index (χ1n) is 12.3. The molecule has 0 radical (unpaired) electrons.